The Bertz CT molecular complexity index is 1180. The van der Waals surface area contributed by atoms with Crippen LogP contribution in [0.15, 0.2) is 60.7 Å². The monoisotopic (exact) mass is 402 g/mol. The van der Waals surface area contributed by atoms with Crippen LogP contribution in [0.5, 0.6) is 17.2 Å². The van der Waals surface area contributed by atoms with Crippen molar-refractivity contribution in [2.24, 2.45) is 0 Å². The summed E-state index contributed by atoms with van der Waals surface area (Å²) in [6.07, 6.45) is 0. The van der Waals surface area contributed by atoms with Gasteiger partial charge in [0.2, 0.25) is 0 Å². The molecule has 0 saturated carbocycles. The van der Waals surface area contributed by atoms with Crippen LogP contribution in [0.25, 0.3) is 22.4 Å². The van der Waals surface area contributed by atoms with Crippen molar-refractivity contribution >= 4 is 11.0 Å². The average molecular weight is 402 g/mol. The van der Waals surface area contributed by atoms with Gasteiger partial charge in [0.15, 0.2) is 11.5 Å². The molecule has 5 nitrogen and oxygen atoms in total. The fourth-order valence-corrected chi connectivity index (χ4v) is 3.56. The summed E-state index contributed by atoms with van der Waals surface area (Å²) in [5.74, 6) is 3.14. The van der Waals surface area contributed by atoms with Crippen molar-refractivity contribution in [1.29, 1.82) is 0 Å². The van der Waals surface area contributed by atoms with E-state index in [0.717, 1.165) is 28.2 Å². The molecule has 0 aliphatic rings. The van der Waals surface area contributed by atoms with E-state index in [9.17, 15) is 0 Å². The van der Waals surface area contributed by atoms with Crippen LogP contribution in [0.4, 0.5) is 0 Å². The van der Waals surface area contributed by atoms with Crippen LogP contribution in [-0.2, 0) is 6.54 Å². The van der Waals surface area contributed by atoms with Crippen LogP contribution in [-0.4, -0.2) is 30.4 Å². The maximum Gasteiger partial charge on any atom is 0.161 e. The van der Waals surface area contributed by atoms with Gasteiger partial charge in [-0.1, -0.05) is 18.2 Å². The number of nitrogens with zero attached hydrogens (tertiary/aromatic N) is 2. The molecule has 0 aliphatic heterocycles. The Morgan fingerprint density at radius 1 is 0.833 bits per heavy atom. The van der Waals surface area contributed by atoms with E-state index in [0.29, 0.717) is 24.7 Å². The SMILES string of the molecule is COc1ccc(-c2nc3ccccc3n2CCOc2ccc(C)c(C)c2)cc1OC. The minimum atomic E-state index is 0.545. The number of rotatable bonds is 7. The third-order valence-electron chi connectivity index (χ3n) is 5.36. The van der Waals surface area contributed by atoms with Crippen LogP contribution in [0.2, 0.25) is 0 Å². The molecule has 0 radical (unpaired) electrons. The van der Waals surface area contributed by atoms with E-state index in [1.807, 2.05) is 42.5 Å². The lowest BCUT2D eigenvalue weighted by Gasteiger charge is -2.13. The van der Waals surface area contributed by atoms with Crippen molar-refractivity contribution in [3.05, 3.63) is 71.8 Å². The summed E-state index contributed by atoms with van der Waals surface area (Å²) in [6.45, 7) is 5.42. The normalized spacial score (nSPS) is 10.9. The molecule has 4 rings (SSSR count). The quantitative estimate of drug-likeness (QED) is 0.414. The summed E-state index contributed by atoms with van der Waals surface area (Å²) in [5, 5.41) is 0. The molecule has 1 heterocycles. The molecule has 0 bridgehead atoms. The average Bonchev–Trinajstić information content (AvgIpc) is 3.14. The first-order valence-corrected chi connectivity index (χ1v) is 9.98. The van der Waals surface area contributed by atoms with Gasteiger partial charge >= 0.3 is 0 Å². The third kappa shape index (κ3) is 3.83. The van der Waals surface area contributed by atoms with Crippen LogP contribution < -0.4 is 14.2 Å². The Hall–Kier alpha value is -3.47. The van der Waals surface area contributed by atoms with Crippen LogP contribution in [0, 0.1) is 13.8 Å². The molecule has 3 aromatic carbocycles. The van der Waals surface area contributed by atoms with E-state index < -0.39 is 0 Å². The molecule has 0 aliphatic carbocycles. The standard InChI is InChI=1S/C25H26N2O3/c1-17-9-11-20(15-18(17)2)30-14-13-27-22-8-6-5-7-21(22)26-25(27)19-10-12-23(28-3)24(16-19)29-4/h5-12,15-16H,13-14H2,1-4H3. The summed E-state index contributed by atoms with van der Waals surface area (Å²) in [5.41, 5.74) is 5.49. The number of para-hydroxylation sites is 2. The van der Waals surface area contributed by atoms with Crippen molar-refractivity contribution in [2.75, 3.05) is 20.8 Å². The van der Waals surface area contributed by atoms with Crippen molar-refractivity contribution in [1.82, 2.24) is 9.55 Å². The molecule has 1 aromatic heterocycles. The number of aromatic nitrogens is 2. The van der Waals surface area contributed by atoms with Crippen LogP contribution in [0.3, 0.4) is 0 Å². The van der Waals surface area contributed by atoms with E-state index in [4.69, 9.17) is 19.2 Å². The van der Waals surface area contributed by atoms with E-state index in [-0.39, 0.29) is 0 Å². The minimum Gasteiger partial charge on any atom is -0.493 e. The molecule has 4 aromatic rings. The second-order valence-electron chi connectivity index (χ2n) is 7.24. The Labute approximate surface area is 176 Å². The molecule has 5 heteroatoms. The summed E-state index contributed by atoms with van der Waals surface area (Å²) in [7, 11) is 3.28. The highest BCUT2D eigenvalue weighted by Gasteiger charge is 2.15. The van der Waals surface area contributed by atoms with Crippen LogP contribution in [0.1, 0.15) is 11.1 Å². The maximum atomic E-state index is 6.04. The topological polar surface area (TPSA) is 45.5 Å². The van der Waals surface area contributed by atoms with Gasteiger partial charge in [0.1, 0.15) is 18.2 Å². The first-order chi connectivity index (χ1) is 14.6. The molecule has 30 heavy (non-hydrogen) atoms. The summed E-state index contributed by atoms with van der Waals surface area (Å²) < 4.78 is 19.1. The van der Waals surface area contributed by atoms with Gasteiger partial charge < -0.3 is 18.8 Å². The molecule has 0 saturated heterocycles. The van der Waals surface area contributed by atoms with E-state index >= 15 is 0 Å². The fraction of sp³-hybridized carbons (Fsp3) is 0.240. The summed E-state index contributed by atoms with van der Waals surface area (Å²) >= 11 is 0. The molecule has 0 unspecified atom stereocenters. The number of hydrogen-bond donors (Lipinski definition) is 0. The number of aryl methyl sites for hydroxylation is 2. The van der Waals surface area contributed by atoms with Crippen molar-refractivity contribution < 1.29 is 14.2 Å². The first-order valence-electron chi connectivity index (χ1n) is 9.98. The number of ether oxygens (including phenoxy) is 3. The number of benzene rings is 3. The third-order valence-corrected chi connectivity index (χ3v) is 5.36. The van der Waals surface area contributed by atoms with E-state index in [1.54, 1.807) is 14.2 Å². The predicted molar refractivity (Wildman–Crippen MR) is 120 cm³/mol. The molecule has 0 amide bonds. The lowest BCUT2D eigenvalue weighted by Crippen LogP contribution is -2.09. The number of hydrogen-bond acceptors (Lipinski definition) is 4. The van der Waals surface area contributed by atoms with Gasteiger partial charge in [0, 0.05) is 5.56 Å². The zero-order chi connectivity index (χ0) is 21.1. The van der Waals surface area contributed by atoms with Gasteiger partial charge in [-0.15, -0.1) is 0 Å². The second kappa shape index (κ2) is 8.49. The second-order valence-corrected chi connectivity index (χ2v) is 7.24. The minimum absolute atomic E-state index is 0.545. The Balaban J connectivity index is 1.66. The van der Waals surface area contributed by atoms with Crippen molar-refractivity contribution in [2.45, 2.75) is 20.4 Å². The predicted octanol–water partition coefficient (Wildman–Crippen LogP) is 5.42. The Kier molecular flexibility index (Phi) is 5.61. The number of fused-ring (bicyclic) bond motifs is 1. The zero-order valence-corrected chi connectivity index (χ0v) is 17.8. The lowest BCUT2D eigenvalue weighted by atomic mass is 10.1. The summed E-state index contributed by atoms with van der Waals surface area (Å²) in [6, 6.07) is 20.2. The first kappa shape index (κ1) is 19.8. The number of methoxy groups -OCH3 is 2. The maximum absolute atomic E-state index is 6.04. The van der Waals surface area contributed by atoms with E-state index in [1.165, 1.54) is 11.1 Å². The lowest BCUT2D eigenvalue weighted by molar-refractivity contribution is 0.300. The largest absolute Gasteiger partial charge is 0.493 e. The molecule has 0 spiro atoms. The van der Waals surface area contributed by atoms with Gasteiger partial charge in [-0.2, -0.15) is 0 Å². The van der Waals surface area contributed by atoms with Crippen molar-refractivity contribution in [3.63, 3.8) is 0 Å². The molecule has 0 atom stereocenters. The highest BCUT2D eigenvalue weighted by Crippen LogP contribution is 2.33. The zero-order valence-electron chi connectivity index (χ0n) is 17.8. The van der Waals surface area contributed by atoms with Crippen LogP contribution >= 0.6 is 0 Å². The Morgan fingerprint density at radius 3 is 2.40 bits per heavy atom. The molecular formula is C25H26N2O3. The van der Waals surface area contributed by atoms with Gasteiger partial charge in [-0.3, -0.25) is 0 Å². The highest BCUT2D eigenvalue weighted by atomic mass is 16.5. The molecular weight excluding hydrogens is 376 g/mol. The van der Waals surface area contributed by atoms with E-state index in [2.05, 4.69) is 36.6 Å². The van der Waals surface area contributed by atoms with Gasteiger partial charge in [-0.25, -0.2) is 4.98 Å². The number of imidazole rings is 1. The molecule has 154 valence electrons. The van der Waals surface area contributed by atoms with Gasteiger partial charge in [0.25, 0.3) is 0 Å². The highest BCUT2D eigenvalue weighted by molar-refractivity contribution is 5.81. The van der Waals surface area contributed by atoms with Crippen molar-refractivity contribution in [3.8, 4) is 28.6 Å². The van der Waals surface area contributed by atoms with Gasteiger partial charge in [0.05, 0.1) is 31.8 Å². The summed E-state index contributed by atoms with van der Waals surface area (Å²) in [4.78, 5) is 4.88. The Morgan fingerprint density at radius 2 is 1.63 bits per heavy atom. The smallest absolute Gasteiger partial charge is 0.161 e. The van der Waals surface area contributed by atoms with Gasteiger partial charge in [-0.05, 0) is 67.4 Å². The molecule has 0 fully saturated rings. The molecule has 0 N–H and O–H groups in total. The fourth-order valence-electron chi connectivity index (χ4n) is 3.56.